The standard InChI is InChI=1S/C11H13IO/c1-3-8-5-6-10(11(12)13)7-9(8)4-2/h5-7H,3-4H2,1-2H3. The van der Waals surface area contributed by atoms with Crippen LogP contribution < -0.4 is 0 Å². The highest BCUT2D eigenvalue weighted by Crippen LogP contribution is 2.15. The van der Waals surface area contributed by atoms with Crippen molar-refractivity contribution in [3.05, 3.63) is 34.9 Å². The highest BCUT2D eigenvalue weighted by atomic mass is 127. The number of benzene rings is 1. The Balaban J connectivity index is 3.13. The summed E-state index contributed by atoms with van der Waals surface area (Å²) >= 11 is 1.83. The maximum absolute atomic E-state index is 11.1. The Morgan fingerprint density at radius 1 is 1.23 bits per heavy atom. The number of hydrogen-bond acceptors (Lipinski definition) is 1. The summed E-state index contributed by atoms with van der Waals surface area (Å²) in [6.07, 6.45) is 2.04. The van der Waals surface area contributed by atoms with Gasteiger partial charge < -0.3 is 0 Å². The maximum Gasteiger partial charge on any atom is 0.222 e. The van der Waals surface area contributed by atoms with Crippen molar-refractivity contribution in [3.63, 3.8) is 0 Å². The number of carbonyl (C=O) groups excluding carboxylic acids is 1. The normalized spacial score (nSPS) is 10.1. The van der Waals surface area contributed by atoms with Crippen LogP contribution in [-0.2, 0) is 12.8 Å². The zero-order chi connectivity index (χ0) is 9.84. The van der Waals surface area contributed by atoms with Crippen molar-refractivity contribution in [1.29, 1.82) is 0 Å². The molecule has 13 heavy (non-hydrogen) atoms. The van der Waals surface area contributed by atoms with E-state index in [0.717, 1.165) is 18.4 Å². The minimum atomic E-state index is 0.120. The molecule has 0 aliphatic heterocycles. The quantitative estimate of drug-likeness (QED) is 0.615. The van der Waals surface area contributed by atoms with Gasteiger partial charge in [-0.05, 0) is 30.0 Å². The third-order valence-corrected chi connectivity index (χ3v) is 2.82. The zero-order valence-electron chi connectivity index (χ0n) is 7.93. The van der Waals surface area contributed by atoms with E-state index in [2.05, 4.69) is 19.9 Å². The Kier molecular flexibility index (Phi) is 3.90. The third kappa shape index (κ3) is 2.53. The minimum absolute atomic E-state index is 0.120. The predicted octanol–water partition coefficient (Wildman–Crippen LogP) is 3.39. The first-order valence-corrected chi connectivity index (χ1v) is 5.58. The smallest absolute Gasteiger partial charge is 0.222 e. The van der Waals surface area contributed by atoms with Gasteiger partial charge in [0.15, 0.2) is 0 Å². The molecule has 1 nitrogen and oxygen atoms in total. The number of hydrogen-bond donors (Lipinski definition) is 0. The minimum Gasteiger partial charge on any atom is -0.282 e. The first-order valence-electron chi connectivity index (χ1n) is 4.50. The zero-order valence-corrected chi connectivity index (χ0v) is 10.1. The van der Waals surface area contributed by atoms with Gasteiger partial charge in [-0.1, -0.05) is 26.0 Å². The van der Waals surface area contributed by atoms with Crippen molar-refractivity contribution in [2.24, 2.45) is 0 Å². The predicted molar refractivity (Wildman–Crippen MR) is 63.5 cm³/mol. The number of aryl methyl sites for hydroxylation is 2. The van der Waals surface area contributed by atoms with Gasteiger partial charge in [-0.15, -0.1) is 0 Å². The van der Waals surface area contributed by atoms with Crippen molar-refractivity contribution in [2.75, 3.05) is 0 Å². The van der Waals surface area contributed by atoms with E-state index in [1.807, 2.05) is 34.7 Å². The molecule has 0 unspecified atom stereocenters. The third-order valence-electron chi connectivity index (χ3n) is 2.20. The lowest BCUT2D eigenvalue weighted by Gasteiger charge is -2.06. The summed E-state index contributed by atoms with van der Waals surface area (Å²) in [7, 11) is 0. The molecule has 0 aliphatic carbocycles. The first kappa shape index (κ1) is 10.7. The summed E-state index contributed by atoms with van der Waals surface area (Å²) in [6.45, 7) is 4.26. The topological polar surface area (TPSA) is 17.1 Å². The summed E-state index contributed by atoms with van der Waals surface area (Å²) in [4.78, 5) is 11.1. The van der Waals surface area contributed by atoms with Gasteiger partial charge in [0.2, 0.25) is 3.79 Å². The van der Waals surface area contributed by atoms with Crippen molar-refractivity contribution in [1.82, 2.24) is 0 Å². The largest absolute Gasteiger partial charge is 0.282 e. The molecule has 0 aliphatic rings. The molecule has 0 heterocycles. The van der Waals surface area contributed by atoms with Crippen LogP contribution in [0.3, 0.4) is 0 Å². The molecule has 0 radical (unpaired) electrons. The van der Waals surface area contributed by atoms with Gasteiger partial charge in [-0.2, -0.15) is 0 Å². The summed E-state index contributed by atoms with van der Waals surface area (Å²) < 4.78 is 0.120. The molecule has 1 aromatic carbocycles. The Morgan fingerprint density at radius 2 is 1.85 bits per heavy atom. The van der Waals surface area contributed by atoms with Crippen LogP contribution in [0.25, 0.3) is 0 Å². The van der Waals surface area contributed by atoms with Crippen molar-refractivity contribution >= 4 is 26.4 Å². The van der Waals surface area contributed by atoms with E-state index >= 15 is 0 Å². The monoisotopic (exact) mass is 288 g/mol. The second kappa shape index (κ2) is 4.74. The summed E-state index contributed by atoms with van der Waals surface area (Å²) in [6, 6.07) is 5.98. The molecule has 70 valence electrons. The van der Waals surface area contributed by atoms with E-state index in [9.17, 15) is 4.79 Å². The van der Waals surface area contributed by atoms with Gasteiger partial charge in [-0.3, -0.25) is 4.79 Å². The van der Waals surface area contributed by atoms with Gasteiger partial charge in [0.05, 0.1) is 0 Å². The Labute approximate surface area is 92.7 Å². The number of rotatable bonds is 3. The van der Waals surface area contributed by atoms with E-state index < -0.39 is 0 Å². The Bertz CT molecular complexity index is 318. The molecular formula is C11H13IO. The molecule has 0 amide bonds. The van der Waals surface area contributed by atoms with Gasteiger partial charge in [0.25, 0.3) is 0 Å². The first-order chi connectivity index (χ1) is 6.19. The van der Waals surface area contributed by atoms with E-state index in [1.54, 1.807) is 0 Å². The van der Waals surface area contributed by atoms with E-state index in [4.69, 9.17) is 0 Å². The molecule has 1 aromatic rings. The molecule has 0 saturated heterocycles. The van der Waals surface area contributed by atoms with Crippen LogP contribution in [-0.4, -0.2) is 3.79 Å². The fourth-order valence-electron chi connectivity index (χ4n) is 1.42. The van der Waals surface area contributed by atoms with Crippen LogP contribution in [0, 0.1) is 0 Å². The highest BCUT2D eigenvalue weighted by Gasteiger charge is 2.04. The number of halogens is 1. The molecule has 0 bridgehead atoms. The lowest BCUT2D eigenvalue weighted by Crippen LogP contribution is -1.95. The average molecular weight is 288 g/mol. The molecule has 0 aromatic heterocycles. The SMILES string of the molecule is CCc1ccc(C(=O)I)cc1CC. The molecule has 0 spiro atoms. The van der Waals surface area contributed by atoms with Gasteiger partial charge in [0.1, 0.15) is 0 Å². The molecule has 0 fully saturated rings. The lowest BCUT2D eigenvalue weighted by atomic mass is 10.0. The summed E-state index contributed by atoms with van der Waals surface area (Å²) in [5, 5.41) is 0. The van der Waals surface area contributed by atoms with Crippen molar-refractivity contribution in [3.8, 4) is 0 Å². The average Bonchev–Trinajstić information content (AvgIpc) is 2.16. The van der Waals surface area contributed by atoms with E-state index in [0.29, 0.717) is 0 Å². The molecular weight excluding hydrogens is 275 g/mol. The fourth-order valence-corrected chi connectivity index (χ4v) is 1.76. The van der Waals surface area contributed by atoms with Gasteiger partial charge in [-0.25, -0.2) is 0 Å². The molecule has 0 atom stereocenters. The van der Waals surface area contributed by atoms with Crippen LogP contribution in [0.2, 0.25) is 0 Å². The highest BCUT2D eigenvalue weighted by molar-refractivity contribution is 14.1. The van der Waals surface area contributed by atoms with Crippen LogP contribution in [0.4, 0.5) is 0 Å². The molecule has 0 saturated carbocycles. The van der Waals surface area contributed by atoms with Gasteiger partial charge in [0, 0.05) is 28.2 Å². The second-order valence-corrected chi connectivity index (χ2v) is 3.94. The number of carbonyl (C=O) groups is 1. The summed E-state index contributed by atoms with van der Waals surface area (Å²) in [5.74, 6) is 0. The van der Waals surface area contributed by atoms with Crippen molar-refractivity contribution in [2.45, 2.75) is 26.7 Å². The Morgan fingerprint density at radius 3 is 2.31 bits per heavy atom. The fraction of sp³-hybridized carbons (Fsp3) is 0.364. The summed E-state index contributed by atoms with van der Waals surface area (Å²) in [5.41, 5.74) is 3.46. The van der Waals surface area contributed by atoms with Crippen LogP contribution in [0.1, 0.15) is 35.3 Å². The van der Waals surface area contributed by atoms with Crippen LogP contribution in [0.15, 0.2) is 18.2 Å². The van der Waals surface area contributed by atoms with Crippen molar-refractivity contribution < 1.29 is 4.79 Å². The molecule has 2 heteroatoms. The van der Waals surface area contributed by atoms with E-state index in [1.165, 1.54) is 11.1 Å². The Hall–Kier alpha value is -0.380. The van der Waals surface area contributed by atoms with Crippen LogP contribution >= 0.6 is 22.6 Å². The van der Waals surface area contributed by atoms with Crippen LogP contribution in [0.5, 0.6) is 0 Å². The van der Waals surface area contributed by atoms with E-state index in [-0.39, 0.29) is 3.79 Å². The molecule has 0 N–H and O–H groups in total. The van der Waals surface area contributed by atoms with Gasteiger partial charge >= 0.3 is 0 Å². The molecule has 1 rings (SSSR count). The lowest BCUT2D eigenvalue weighted by molar-refractivity contribution is 0.110. The second-order valence-electron chi connectivity index (χ2n) is 2.96. The maximum atomic E-state index is 11.1.